The van der Waals surface area contributed by atoms with E-state index in [9.17, 15) is 4.79 Å². The van der Waals surface area contributed by atoms with Crippen molar-refractivity contribution in [2.75, 3.05) is 0 Å². The van der Waals surface area contributed by atoms with Gasteiger partial charge in [0.2, 0.25) is 0 Å². The average molecular weight is 263 g/mol. The molecule has 0 bridgehead atoms. The van der Waals surface area contributed by atoms with Crippen molar-refractivity contribution < 1.29 is 0 Å². The first-order chi connectivity index (χ1) is 8.34. The summed E-state index contributed by atoms with van der Waals surface area (Å²) in [6.45, 7) is 5.81. The highest BCUT2D eigenvalue weighted by atomic mass is 32.1. The summed E-state index contributed by atoms with van der Waals surface area (Å²) >= 11 is 5.30. The van der Waals surface area contributed by atoms with E-state index < -0.39 is 0 Å². The number of nitrogens with one attached hydrogen (secondary N) is 1. The Morgan fingerprint density at radius 3 is 2.28 bits per heavy atom. The lowest BCUT2D eigenvalue weighted by atomic mass is 10.1. The van der Waals surface area contributed by atoms with Crippen LogP contribution in [0, 0.1) is 25.4 Å². The van der Waals surface area contributed by atoms with Gasteiger partial charge in [0.15, 0.2) is 0 Å². The van der Waals surface area contributed by atoms with E-state index in [-0.39, 0.29) is 5.56 Å². The van der Waals surface area contributed by atoms with E-state index in [1.54, 1.807) is 16.3 Å². The minimum Gasteiger partial charge on any atom is -0.309 e. The number of hydrogen-bond acceptors (Lipinski definition) is 2. The van der Waals surface area contributed by atoms with Crippen molar-refractivity contribution >= 4 is 12.2 Å². The summed E-state index contributed by atoms with van der Waals surface area (Å²) in [5.41, 5.74) is 4.66. The number of H-pyrrole nitrogens is 1. The van der Waals surface area contributed by atoms with E-state index in [0.717, 1.165) is 32.7 Å². The third-order valence-electron chi connectivity index (χ3n) is 3.30. The van der Waals surface area contributed by atoms with Gasteiger partial charge in [0.25, 0.3) is 5.56 Å². The molecule has 1 N–H and O–H groups in total. The monoisotopic (exact) mass is 263 g/mol. The summed E-state index contributed by atoms with van der Waals surface area (Å²) in [5.74, 6) is 0. The average Bonchev–Trinajstić information content (AvgIpc) is 2.55. The molecule has 0 aliphatic rings. The highest BCUT2D eigenvalue weighted by Crippen LogP contribution is 2.24. The van der Waals surface area contributed by atoms with Crippen molar-refractivity contribution in [3.63, 3.8) is 0 Å². The van der Waals surface area contributed by atoms with Crippen molar-refractivity contribution in [1.82, 2.24) is 14.3 Å². The second kappa shape index (κ2) is 4.24. The Bertz CT molecular complexity index is 734. The SMILES string of the molecule is Cc1cc(C)c(=O)n(C)c1-c1[nH]n(C)c(=S)c1C. The van der Waals surface area contributed by atoms with Crippen LogP contribution < -0.4 is 5.56 Å². The summed E-state index contributed by atoms with van der Waals surface area (Å²) in [4.78, 5) is 12.0. The molecule has 18 heavy (non-hydrogen) atoms. The van der Waals surface area contributed by atoms with Crippen molar-refractivity contribution in [1.29, 1.82) is 0 Å². The molecule has 4 nitrogen and oxygen atoms in total. The Kier molecular flexibility index (Phi) is 3.02. The van der Waals surface area contributed by atoms with Gasteiger partial charge in [-0.3, -0.25) is 14.6 Å². The van der Waals surface area contributed by atoms with Crippen molar-refractivity contribution in [2.45, 2.75) is 20.8 Å². The Hall–Kier alpha value is -1.62. The van der Waals surface area contributed by atoms with E-state index >= 15 is 0 Å². The Morgan fingerprint density at radius 2 is 1.78 bits per heavy atom. The molecule has 0 fully saturated rings. The van der Waals surface area contributed by atoms with E-state index in [0.29, 0.717) is 0 Å². The molecule has 0 spiro atoms. The minimum absolute atomic E-state index is 0.0261. The second-order valence-electron chi connectivity index (χ2n) is 4.70. The molecule has 5 heteroatoms. The molecule has 96 valence electrons. The van der Waals surface area contributed by atoms with Crippen molar-refractivity contribution in [3.05, 3.63) is 37.8 Å². The number of aromatic amines is 1. The van der Waals surface area contributed by atoms with Gasteiger partial charge in [-0.25, -0.2) is 0 Å². The van der Waals surface area contributed by atoms with Gasteiger partial charge in [0.05, 0.1) is 11.4 Å². The molecule has 0 radical (unpaired) electrons. The lowest BCUT2D eigenvalue weighted by Gasteiger charge is -2.12. The number of pyridine rings is 1. The highest BCUT2D eigenvalue weighted by Gasteiger charge is 2.14. The van der Waals surface area contributed by atoms with Crippen LogP contribution in [0.2, 0.25) is 0 Å². The maximum atomic E-state index is 12.0. The first-order valence-electron chi connectivity index (χ1n) is 5.77. The van der Waals surface area contributed by atoms with Crippen molar-refractivity contribution in [3.8, 4) is 11.4 Å². The molecule has 2 heterocycles. The molecule has 0 aliphatic heterocycles. The van der Waals surface area contributed by atoms with Gasteiger partial charge in [0, 0.05) is 25.2 Å². The molecule has 0 saturated carbocycles. The Balaban J connectivity index is 2.88. The van der Waals surface area contributed by atoms with E-state index in [4.69, 9.17) is 12.2 Å². The molecule has 0 aromatic carbocycles. The zero-order valence-corrected chi connectivity index (χ0v) is 12.1. The summed E-state index contributed by atoms with van der Waals surface area (Å²) < 4.78 is 4.24. The standard InChI is InChI=1S/C13H17N3OS/c1-7-6-8(2)12(17)15(4)11(7)10-9(3)13(18)16(5)14-10/h6,14H,1-5H3. The van der Waals surface area contributed by atoms with Gasteiger partial charge in [-0.1, -0.05) is 12.2 Å². The molecular formula is C13H17N3OS. The summed E-state index contributed by atoms with van der Waals surface area (Å²) in [6, 6.07) is 1.92. The van der Waals surface area contributed by atoms with Crippen LogP contribution in [-0.4, -0.2) is 14.3 Å². The maximum absolute atomic E-state index is 12.0. The van der Waals surface area contributed by atoms with Crippen LogP contribution in [0.5, 0.6) is 0 Å². The van der Waals surface area contributed by atoms with Crippen LogP contribution in [0.4, 0.5) is 0 Å². The molecule has 0 unspecified atom stereocenters. The normalized spacial score (nSPS) is 10.9. The van der Waals surface area contributed by atoms with Crippen molar-refractivity contribution in [2.24, 2.45) is 14.1 Å². The van der Waals surface area contributed by atoms with Gasteiger partial charge >= 0.3 is 0 Å². The maximum Gasteiger partial charge on any atom is 0.253 e. The van der Waals surface area contributed by atoms with Crippen LogP contribution in [0.25, 0.3) is 11.4 Å². The fourth-order valence-corrected chi connectivity index (χ4v) is 2.49. The molecule has 0 aliphatic carbocycles. The molecule has 2 rings (SSSR count). The molecular weight excluding hydrogens is 246 g/mol. The predicted molar refractivity (Wildman–Crippen MR) is 75.5 cm³/mol. The van der Waals surface area contributed by atoms with Crippen LogP contribution in [0.1, 0.15) is 16.7 Å². The Morgan fingerprint density at radius 1 is 1.17 bits per heavy atom. The van der Waals surface area contributed by atoms with Gasteiger partial charge < -0.3 is 4.57 Å². The number of nitrogens with zero attached hydrogens (tertiary/aromatic N) is 2. The second-order valence-corrected chi connectivity index (χ2v) is 5.09. The Labute approximate surface area is 111 Å². The van der Waals surface area contributed by atoms with E-state index in [1.807, 2.05) is 33.9 Å². The zero-order valence-electron chi connectivity index (χ0n) is 11.3. The third kappa shape index (κ3) is 1.75. The summed E-state index contributed by atoms with van der Waals surface area (Å²) in [5, 5.41) is 3.21. The van der Waals surface area contributed by atoms with Crippen LogP contribution in [-0.2, 0) is 14.1 Å². The zero-order chi connectivity index (χ0) is 13.6. The minimum atomic E-state index is 0.0261. The smallest absolute Gasteiger partial charge is 0.253 e. The molecule has 2 aromatic rings. The summed E-state index contributed by atoms with van der Waals surface area (Å²) in [6.07, 6.45) is 0. The van der Waals surface area contributed by atoms with Crippen LogP contribution >= 0.6 is 12.2 Å². The largest absolute Gasteiger partial charge is 0.309 e. The molecule has 0 atom stereocenters. The van der Waals surface area contributed by atoms with Gasteiger partial charge in [0.1, 0.15) is 4.64 Å². The van der Waals surface area contributed by atoms with E-state index in [2.05, 4.69) is 5.10 Å². The first kappa shape index (κ1) is 12.8. The van der Waals surface area contributed by atoms with E-state index in [1.165, 1.54) is 0 Å². The molecule has 0 amide bonds. The van der Waals surface area contributed by atoms with Gasteiger partial charge in [-0.2, -0.15) is 0 Å². The van der Waals surface area contributed by atoms with Gasteiger partial charge in [-0.15, -0.1) is 0 Å². The quantitative estimate of drug-likeness (QED) is 0.803. The number of hydrogen-bond donors (Lipinski definition) is 1. The first-order valence-corrected chi connectivity index (χ1v) is 6.18. The number of rotatable bonds is 1. The van der Waals surface area contributed by atoms with Crippen LogP contribution in [0.3, 0.4) is 0 Å². The molecule has 0 saturated heterocycles. The lowest BCUT2D eigenvalue weighted by molar-refractivity contribution is 0.752. The predicted octanol–water partition coefficient (Wildman–Crippen LogP) is 2.37. The van der Waals surface area contributed by atoms with Crippen LogP contribution in [0.15, 0.2) is 10.9 Å². The fourth-order valence-electron chi connectivity index (χ4n) is 2.34. The topological polar surface area (TPSA) is 42.7 Å². The number of aromatic nitrogens is 3. The lowest BCUT2D eigenvalue weighted by Crippen LogP contribution is -2.22. The number of aryl methyl sites for hydroxylation is 3. The van der Waals surface area contributed by atoms with Gasteiger partial charge in [-0.05, 0) is 32.4 Å². The molecule has 2 aromatic heterocycles. The third-order valence-corrected chi connectivity index (χ3v) is 3.88. The highest BCUT2D eigenvalue weighted by molar-refractivity contribution is 7.71. The summed E-state index contributed by atoms with van der Waals surface area (Å²) in [7, 11) is 3.67. The fraction of sp³-hybridized carbons (Fsp3) is 0.385.